The molecule has 1 amide bonds. The summed E-state index contributed by atoms with van der Waals surface area (Å²) in [5, 5.41) is 3.79. The molecule has 0 bridgehead atoms. The molecule has 1 fully saturated rings. The average molecular weight is 374 g/mol. The lowest BCUT2D eigenvalue weighted by molar-refractivity contribution is 0.0658. The van der Waals surface area contributed by atoms with E-state index in [9.17, 15) is 4.79 Å². The summed E-state index contributed by atoms with van der Waals surface area (Å²) in [6, 6.07) is 5.67. The molecule has 0 radical (unpaired) electrons. The minimum Gasteiger partial charge on any atom is -0.335 e. The maximum atomic E-state index is 12.8. The van der Waals surface area contributed by atoms with Crippen LogP contribution in [0, 0.1) is 20.8 Å². The van der Waals surface area contributed by atoms with Gasteiger partial charge in [0, 0.05) is 31.9 Å². The van der Waals surface area contributed by atoms with Gasteiger partial charge in [-0.15, -0.1) is 0 Å². The number of nitrogens with zero attached hydrogens (tertiary/aromatic N) is 4. The lowest BCUT2D eigenvalue weighted by atomic mass is 10.1. The van der Waals surface area contributed by atoms with Crippen LogP contribution in [0.3, 0.4) is 0 Å². The van der Waals surface area contributed by atoms with Crippen molar-refractivity contribution < 1.29 is 4.79 Å². The lowest BCUT2D eigenvalue weighted by Crippen LogP contribution is -2.47. The molecule has 0 atom stereocenters. The number of aryl methyl sites for hydroxylation is 3. The third kappa shape index (κ3) is 4.14. The van der Waals surface area contributed by atoms with Crippen LogP contribution >= 0.6 is 11.6 Å². The van der Waals surface area contributed by atoms with Crippen LogP contribution in [0.2, 0.25) is 5.02 Å². The highest BCUT2D eigenvalue weighted by Gasteiger charge is 2.22. The van der Waals surface area contributed by atoms with E-state index in [-0.39, 0.29) is 5.91 Å². The molecule has 0 unspecified atom stereocenters. The molecule has 0 spiro atoms. The summed E-state index contributed by atoms with van der Waals surface area (Å²) < 4.78 is 0. The Labute approximate surface area is 159 Å². The predicted molar refractivity (Wildman–Crippen MR) is 104 cm³/mol. The average Bonchev–Trinajstić information content (AvgIpc) is 2.57. The van der Waals surface area contributed by atoms with Crippen molar-refractivity contribution in [3.8, 4) is 0 Å². The molecule has 1 aromatic heterocycles. The van der Waals surface area contributed by atoms with E-state index in [4.69, 9.17) is 11.6 Å². The van der Waals surface area contributed by atoms with E-state index in [1.165, 1.54) is 0 Å². The summed E-state index contributed by atoms with van der Waals surface area (Å²) >= 11 is 6.36. The highest BCUT2D eigenvalue weighted by atomic mass is 35.5. The third-order valence-corrected chi connectivity index (χ3v) is 4.83. The zero-order chi connectivity index (χ0) is 18.8. The minimum atomic E-state index is -0.0571. The lowest BCUT2D eigenvalue weighted by Gasteiger charge is -2.32. The standard InChI is InChI=1S/C19H24ClN5O/c1-12-9-13(2)17(15(20)10-12)23-19-21-14(3)11-16(22-19)18(26)25-7-5-24(4)6-8-25/h9-11H,5-8H2,1-4H3,(H,21,22,23). The van der Waals surface area contributed by atoms with Gasteiger partial charge in [0.2, 0.25) is 5.95 Å². The molecule has 1 N–H and O–H groups in total. The van der Waals surface area contributed by atoms with Gasteiger partial charge in [0.25, 0.3) is 5.91 Å². The Kier molecular flexibility index (Phi) is 5.44. The molecular weight excluding hydrogens is 350 g/mol. The largest absolute Gasteiger partial charge is 0.335 e. The number of anilines is 2. The Morgan fingerprint density at radius 3 is 2.42 bits per heavy atom. The van der Waals surface area contributed by atoms with E-state index >= 15 is 0 Å². The second-order valence-corrected chi connectivity index (χ2v) is 7.28. The van der Waals surface area contributed by atoms with Crippen LogP contribution in [0.5, 0.6) is 0 Å². The molecule has 0 aliphatic carbocycles. The fourth-order valence-corrected chi connectivity index (χ4v) is 3.46. The van der Waals surface area contributed by atoms with Crippen molar-refractivity contribution in [1.29, 1.82) is 0 Å². The maximum absolute atomic E-state index is 12.8. The van der Waals surface area contributed by atoms with Crippen molar-refractivity contribution in [3.63, 3.8) is 0 Å². The molecule has 1 saturated heterocycles. The first-order valence-corrected chi connectivity index (χ1v) is 9.08. The zero-order valence-corrected chi connectivity index (χ0v) is 16.4. The second kappa shape index (κ2) is 7.60. The second-order valence-electron chi connectivity index (χ2n) is 6.88. The number of hydrogen-bond donors (Lipinski definition) is 1. The maximum Gasteiger partial charge on any atom is 0.272 e. The summed E-state index contributed by atoms with van der Waals surface area (Å²) in [6.07, 6.45) is 0. The molecule has 26 heavy (non-hydrogen) atoms. The van der Waals surface area contributed by atoms with E-state index in [0.717, 1.165) is 35.6 Å². The molecule has 1 aliphatic heterocycles. The topological polar surface area (TPSA) is 61.4 Å². The third-order valence-electron chi connectivity index (χ3n) is 4.53. The number of amides is 1. The molecule has 3 rings (SSSR count). The van der Waals surface area contributed by atoms with Crippen LogP contribution in [0.1, 0.15) is 27.3 Å². The van der Waals surface area contributed by atoms with E-state index in [1.54, 1.807) is 6.07 Å². The Morgan fingerprint density at radius 2 is 1.77 bits per heavy atom. The molecule has 1 aromatic carbocycles. The van der Waals surface area contributed by atoms with Crippen LogP contribution < -0.4 is 5.32 Å². The summed E-state index contributed by atoms with van der Waals surface area (Å²) in [5.41, 5.74) is 4.01. The Hall–Kier alpha value is -2.18. The summed E-state index contributed by atoms with van der Waals surface area (Å²) in [4.78, 5) is 25.7. The predicted octanol–water partition coefficient (Wildman–Crippen LogP) is 3.19. The van der Waals surface area contributed by atoms with Gasteiger partial charge < -0.3 is 15.1 Å². The van der Waals surface area contributed by atoms with Gasteiger partial charge in [0.1, 0.15) is 5.69 Å². The fourth-order valence-electron chi connectivity index (χ4n) is 3.09. The number of benzene rings is 1. The van der Waals surface area contributed by atoms with Crippen LogP contribution in [-0.2, 0) is 0 Å². The molecule has 1 aliphatic rings. The monoisotopic (exact) mass is 373 g/mol. The number of halogens is 1. The van der Waals surface area contributed by atoms with Gasteiger partial charge in [-0.05, 0) is 51.1 Å². The number of likely N-dealkylation sites (N-methyl/N-ethyl adjacent to an activating group) is 1. The number of carbonyl (C=O) groups is 1. The zero-order valence-electron chi connectivity index (χ0n) is 15.6. The molecule has 138 valence electrons. The molecular formula is C19H24ClN5O. The Bertz CT molecular complexity index is 808. The quantitative estimate of drug-likeness (QED) is 0.895. The molecule has 7 heteroatoms. The number of hydrogen-bond acceptors (Lipinski definition) is 5. The van der Waals surface area contributed by atoms with Crippen molar-refractivity contribution in [1.82, 2.24) is 19.8 Å². The van der Waals surface area contributed by atoms with Crippen molar-refractivity contribution in [2.24, 2.45) is 0 Å². The number of carbonyl (C=O) groups excluding carboxylic acids is 1. The van der Waals surface area contributed by atoms with Crippen LogP contribution in [0.15, 0.2) is 18.2 Å². The molecule has 2 heterocycles. The number of aromatic nitrogens is 2. The smallest absolute Gasteiger partial charge is 0.272 e. The summed E-state index contributed by atoms with van der Waals surface area (Å²) in [7, 11) is 2.06. The van der Waals surface area contributed by atoms with Crippen LogP contribution in [0.25, 0.3) is 0 Å². The van der Waals surface area contributed by atoms with Crippen molar-refractivity contribution in [2.75, 3.05) is 38.5 Å². The molecule has 0 saturated carbocycles. The highest BCUT2D eigenvalue weighted by molar-refractivity contribution is 6.33. The Morgan fingerprint density at radius 1 is 1.08 bits per heavy atom. The van der Waals surface area contributed by atoms with E-state index in [2.05, 4.69) is 27.2 Å². The normalized spacial score (nSPS) is 15.2. The van der Waals surface area contributed by atoms with E-state index < -0.39 is 0 Å². The van der Waals surface area contributed by atoms with Gasteiger partial charge in [0.15, 0.2) is 0 Å². The molecule has 2 aromatic rings. The first-order valence-electron chi connectivity index (χ1n) is 8.71. The van der Waals surface area contributed by atoms with Crippen molar-refractivity contribution >= 4 is 29.1 Å². The summed E-state index contributed by atoms with van der Waals surface area (Å²) in [5.74, 6) is 0.328. The van der Waals surface area contributed by atoms with Gasteiger partial charge in [-0.25, -0.2) is 9.97 Å². The number of piperazine rings is 1. The van der Waals surface area contributed by atoms with Gasteiger partial charge in [-0.1, -0.05) is 17.7 Å². The Balaban J connectivity index is 1.85. The molecule has 6 nitrogen and oxygen atoms in total. The van der Waals surface area contributed by atoms with Crippen molar-refractivity contribution in [2.45, 2.75) is 20.8 Å². The van der Waals surface area contributed by atoms with E-state index in [0.29, 0.717) is 29.8 Å². The van der Waals surface area contributed by atoms with E-state index in [1.807, 2.05) is 37.8 Å². The van der Waals surface area contributed by atoms with Gasteiger partial charge >= 0.3 is 0 Å². The first-order chi connectivity index (χ1) is 12.3. The highest BCUT2D eigenvalue weighted by Crippen LogP contribution is 2.29. The first kappa shape index (κ1) is 18.6. The number of nitrogens with one attached hydrogen (secondary N) is 1. The van der Waals surface area contributed by atoms with Gasteiger partial charge in [-0.3, -0.25) is 4.79 Å². The van der Waals surface area contributed by atoms with Crippen LogP contribution in [-0.4, -0.2) is 58.9 Å². The van der Waals surface area contributed by atoms with Gasteiger partial charge in [-0.2, -0.15) is 0 Å². The fraction of sp³-hybridized carbons (Fsp3) is 0.421. The summed E-state index contributed by atoms with van der Waals surface area (Å²) in [6.45, 7) is 9.01. The SMILES string of the molecule is Cc1cc(C)c(Nc2nc(C)cc(C(=O)N3CCN(C)CC3)n2)c(Cl)c1. The minimum absolute atomic E-state index is 0.0571. The van der Waals surface area contributed by atoms with Crippen molar-refractivity contribution in [3.05, 3.63) is 45.7 Å². The number of rotatable bonds is 3. The van der Waals surface area contributed by atoms with Gasteiger partial charge in [0.05, 0.1) is 10.7 Å². The van der Waals surface area contributed by atoms with Crippen LogP contribution in [0.4, 0.5) is 11.6 Å².